The lowest BCUT2D eigenvalue weighted by Crippen LogP contribution is -2.53. The molecule has 1 aromatic rings. The van der Waals surface area contributed by atoms with Gasteiger partial charge in [0.25, 0.3) is 0 Å². The second-order valence-corrected chi connectivity index (χ2v) is 5.89. The van der Waals surface area contributed by atoms with Crippen molar-refractivity contribution in [1.29, 1.82) is 0 Å². The number of nitrogens with zero attached hydrogens (tertiary/aromatic N) is 2. The topological polar surface area (TPSA) is 40.6 Å². The molecular weight excluding hydrogens is 365 g/mol. The van der Waals surface area contributed by atoms with Crippen molar-refractivity contribution in [3.8, 4) is 0 Å². The maximum Gasteiger partial charge on any atom is 0.471 e. The van der Waals surface area contributed by atoms with Crippen LogP contribution in [0.3, 0.4) is 0 Å². The van der Waals surface area contributed by atoms with Crippen molar-refractivity contribution in [2.75, 3.05) is 26.2 Å². The van der Waals surface area contributed by atoms with E-state index < -0.39 is 12.1 Å². The number of hydrogen-bond donors (Lipinski definition) is 0. The van der Waals surface area contributed by atoms with E-state index in [-0.39, 0.29) is 38.5 Å². The predicted octanol–water partition coefficient (Wildman–Crippen LogP) is 2.22. The molecule has 1 heterocycles. The summed E-state index contributed by atoms with van der Waals surface area (Å²) in [6.45, 7) is 0.0587. The third-order valence-corrected chi connectivity index (χ3v) is 3.96. The van der Waals surface area contributed by atoms with Crippen LogP contribution < -0.4 is 0 Å². The third-order valence-electron chi connectivity index (χ3n) is 3.43. The highest BCUT2D eigenvalue weighted by Gasteiger charge is 2.43. The Kier molecular flexibility index (Phi) is 5.10. The summed E-state index contributed by atoms with van der Waals surface area (Å²) in [7, 11) is 0. The lowest BCUT2D eigenvalue weighted by atomic mass is 10.1. The van der Waals surface area contributed by atoms with E-state index in [0.717, 1.165) is 14.9 Å². The number of amides is 2. The van der Waals surface area contributed by atoms with Gasteiger partial charge < -0.3 is 9.80 Å². The highest BCUT2D eigenvalue weighted by molar-refractivity contribution is 9.10. The second kappa shape index (κ2) is 6.68. The Morgan fingerprint density at radius 2 is 1.50 bits per heavy atom. The molecule has 2 rings (SSSR count). The van der Waals surface area contributed by atoms with Crippen LogP contribution in [0.1, 0.15) is 5.56 Å². The van der Waals surface area contributed by atoms with Gasteiger partial charge in [-0.2, -0.15) is 13.2 Å². The molecular formula is C14H14BrF3N2O2. The fourth-order valence-electron chi connectivity index (χ4n) is 2.23. The van der Waals surface area contributed by atoms with Gasteiger partial charge in [0.15, 0.2) is 0 Å². The van der Waals surface area contributed by atoms with E-state index in [1.165, 1.54) is 4.90 Å². The van der Waals surface area contributed by atoms with E-state index in [2.05, 4.69) is 15.9 Å². The van der Waals surface area contributed by atoms with Gasteiger partial charge >= 0.3 is 12.1 Å². The fourth-order valence-corrected chi connectivity index (χ4v) is 2.49. The average molecular weight is 379 g/mol. The maximum atomic E-state index is 12.3. The van der Waals surface area contributed by atoms with Crippen LogP contribution in [0.4, 0.5) is 13.2 Å². The Labute approximate surface area is 134 Å². The van der Waals surface area contributed by atoms with Gasteiger partial charge in [-0.3, -0.25) is 9.59 Å². The smallest absolute Gasteiger partial charge is 0.339 e. The van der Waals surface area contributed by atoms with Crippen LogP contribution in [-0.4, -0.2) is 54.0 Å². The Bertz CT molecular complexity index is 552. The molecule has 0 aromatic heterocycles. The zero-order chi connectivity index (χ0) is 16.3. The van der Waals surface area contributed by atoms with E-state index in [0.29, 0.717) is 0 Å². The molecule has 8 heteroatoms. The van der Waals surface area contributed by atoms with Crippen LogP contribution in [0.15, 0.2) is 28.7 Å². The summed E-state index contributed by atoms with van der Waals surface area (Å²) in [5.74, 6) is -1.99. The first-order valence-corrected chi connectivity index (χ1v) is 7.45. The molecule has 1 aromatic carbocycles. The van der Waals surface area contributed by atoms with E-state index in [9.17, 15) is 22.8 Å². The molecule has 0 aliphatic carbocycles. The van der Waals surface area contributed by atoms with Gasteiger partial charge in [-0.25, -0.2) is 0 Å². The second-order valence-electron chi connectivity index (χ2n) is 4.97. The van der Waals surface area contributed by atoms with Gasteiger partial charge in [0.1, 0.15) is 0 Å². The van der Waals surface area contributed by atoms with Crippen molar-refractivity contribution in [2.45, 2.75) is 12.6 Å². The number of carbonyl (C=O) groups excluding carboxylic acids is 2. The van der Waals surface area contributed by atoms with Crippen molar-refractivity contribution in [3.63, 3.8) is 0 Å². The van der Waals surface area contributed by atoms with Gasteiger partial charge in [0.2, 0.25) is 5.91 Å². The molecule has 4 nitrogen and oxygen atoms in total. The highest BCUT2D eigenvalue weighted by Crippen LogP contribution is 2.19. The molecule has 1 aliphatic heterocycles. The van der Waals surface area contributed by atoms with Crippen molar-refractivity contribution >= 4 is 27.7 Å². The van der Waals surface area contributed by atoms with E-state index >= 15 is 0 Å². The number of piperazine rings is 1. The zero-order valence-electron chi connectivity index (χ0n) is 11.6. The van der Waals surface area contributed by atoms with Crippen molar-refractivity contribution < 1.29 is 22.8 Å². The minimum absolute atomic E-state index is 0.0928. The van der Waals surface area contributed by atoms with Gasteiger partial charge in [-0.05, 0) is 17.7 Å². The summed E-state index contributed by atoms with van der Waals surface area (Å²) in [6, 6.07) is 7.27. The first-order valence-electron chi connectivity index (χ1n) is 6.65. The number of alkyl halides is 3. The normalized spacial score (nSPS) is 15.8. The predicted molar refractivity (Wildman–Crippen MR) is 77.1 cm³/mol. The summed E-state index contributed by atoms with van der Waals surface area (Å²) >= 11 is 3.30. The molecule has 0 saturated carbocycles. The molecule has 120 valence electrons. The van der Waals surface area contributed by atoms with Crippen LogP contribution >= 0.6 is 15.9 Å². The van der Waals surface area contributed by atoms with Gasteiger partial charge in [0, 0.05) is 30.7 Å². The lowest BCUT2D eigenvalue weighted by molar-refractivity contribution is -0.187. The third kappa shape index (κ3) is 4.22. The van der Waals surface area contributed by atoms with Gasteiger partial charge in [-0.15, -0.1) is 0 Å². The van der Waals surface area contributed by atoms with Crippen LogP contribution in [-0.2, 0) is 16.0 Å². The van der Waals surface area contributed by atoms with E-state index in [1.54, 1.807) is 0 Å². The molecule has 0 spiro atoms. The minimum atomic E-state index is -4.86. The molecule has 0 N–H and O–H groups in total. The van der Waals surface area contributed by atoms with Crippen LogP contribution in [0.2, 0.25) is 0 Å². The molecule has 0 radical (unpaired) electrons. The van der Waals surface area contributed by atoms with Crippen molar-refractivity contribution in [3.05, 3.63) is 34.3 Å². The molecule has 22 heavy (non-hydrogen) atoms. The Morgan fingerprint density at radius 1 is 1.00 bits per heavy atom. The first kappa shape index (κ1) is 16.8. The molecule has 1 fully saturated rings. The van der Waals surface area contributed by atoms with Crippen LogP contribution in [0.25, 0.3) is 0 Å². The number of rotatable bonds is 2. The number of halogens is 4. The number of benzene rings is 1. The van der Waals surface area contributed by atoms with Crippen LogP contribution in [0, 0.1) is 0 Å². The Balaban J connectivity index is 1.87. The van der Waals surface area contributed by atoms with Gasteiger partial charge in [-0.1, -0.05) is 28.1 Å². The van der Waals surface area contributed by atoms with Crippen LogP contribution in [0.5, 0.6) is 0 Å². The largest absolute Gasteiger partial charge is 0.471 e. The lowest BCUT2D eigenvalue weighted by Gasteiger charge is -2.35. The van der Waals surface area contributed by atoms with Gasteiger partial charge in [0.05, 0.1) is 6.42 Å². The molecule has 0 bridgehead atoms. The first-order chi connectivity index (χ1) is 10.3. The molecule has 0 atom stereocenters. The average Bonchev–Trinajstić information content (AvgIpc) is 2.48. The minimum Gasteiger partial charge on any atom is -0.339 e. The monoisotopic (exact) mass is 378 g/mol. The summed E-state index contributed by atoms with van der Waals surface area (Å²) in [4.78, 5) is 25.5. The molecule has 2 amide bonds. The standard InChI is InChI=1S/C14H14BrF3N2O2/c15-11-3-1-10(2-4-11)9-12(21)19-5-7-20(8-6-19)13(22)14(16,17)18/h1-4H,5-9H2. The Morgan fingerprint density at radius 3 is 2.00 bits per heavy atom. The summed E-state index contributed by atoms with van der Waals surface area (Å²) in [6.07, 6.45) is -4.66. The maximum absolute atomic E-state index is 12.3. The van der Waals surface area contributed by atoms with E-state index in [4.69, 9.17) is 0 Å². The molecule has 0 unspecified atom stereocenters. The highest BCUT2D eigenvalue weighted by atomic mass is 79.9. The van der Waals surface area contributed by atoms with Crippen molar-refractivity contribution in [2.24, 2.45) is 0 Å². The molecule has 1 aliphatic rings. The van der Waals surface area contributed by atoms with E-state index in [1.807, 2.05) is 24.3 Å². The number of hydrogen-bond acceptors (Lipinski definition) is 2. The zero-order valence-corrected chi connectivity index (χ0v) is 13.2. The number of carbonyl (C=O) groups is 2. The Hall–Kier alpha value is -1.57. The summed E-state index contributed by atoms with van der Waals surface area (Å²) in [5, 5.41) is 0. The summed E-state index contributed by atoms with van der Waals surface area (Å²) in [5.41, 5.74) is 0.835. The summed E-state index contributed by atoms with van der Waals surface area (Å²) < 4.78 is 37.9. The quantitative estimate of drug-likeness (QED) is 0.791. The van der Waals surface area contributed by atoms with Crippen molar-refractivity contribution in [1.82, 2.24) is 9.80 Å². The SMILES string of the molecule is O=C(Cc1ccc(Br)cc1)N1CCN(C(=O)C(F)(F)F)CC1. The molecule has 1 saturated heterocycles. The fraction of sp³-hybridized carbons (Fsp3) is 0.429.